The highest BCUT2D eigenvalue weighted by atomic mass is 19.4. The van der Waals surface area contributed by atoms with Gasteiger partial charge in [0.25, 0.3) is 5.91 Å². The smallest absolute Gasteiger partial charge is 0.354 e. The van der Waals surface area contributed by atoms with Crippen LogP contribution >= 0.6 is 0 Å². The second-order valence-corrected chi connectivity index (χ2v) is 8.31. The van der Waals surface area contributed by atoms with Crippen LogP contribution in [0.2, 0.25) is 0 Å². The standard InChI is InChI=1S/C20H26F3N5O2/c21-20(22,23)15-5-6-16(24-13-15)27-11-9-26(10-12-27)14-28-17(29)19(25-18(28)30)7-3-1-2-4-8-19/h5-6,13H,1-4,7-12,14H2,(H,25,30). The number of carbonyl (C=O) groups excluding carboxylic acids is 2. The zero-order valence-electron chi connectivity index (χ0n) is 16.7. The molecule has 3 amide bonds. The Hall–Kier alpha value is -2.36. The van der Waals surface area contributed by atoms with Crippen molar-refractivity contribution in [1.29, 1.82) is 0 Å². The lowest BCUT2D eigenvalue weighted by molar-refractivity contribution is -0.138. The second-order valence-electron chi connectivity index (χ2n) is 8.31. The number of nitrogens with zero attached hydrogens (tertiary/aromatic N) is 4. The van der Waals surface area contributed by atoms with E-state index < -0.39 is 17.3 Å². The van der Waals surface area contributed by atoms with Gasteiger partial charge in [-0.05, 0) is 25.0 Å². The molecular weight excluding hydrogens is 399 g/mol. The van der Waals surface area contributed by atoms with E-state index in [4.69, 9.17) is 0 Å². The fourth-order valence-electron chi connectivity index (χ4n) is 4.53. The predicted molar refractivity (Wildman–Crippen MR) is 104 cm³/mol. The second kappa shape index (κ2) is 8.05. The van der Waals surface area contributed by atoms with Gasteiger partial charge in [0, 0.05) is 32.4 Å². The Bertz CT molecular complexity index is 783. The normalized spacial score (nSPS) is 23.0. The van der Waals surface area contributed by atoms with E-state index in [0.29, 0.717) is 44.8 Å². The van der Waals surface area contributed by atoms with Gasteiger partial charge < -0.3 is 10.2 Å². The van der Waals surface area contributed by atoms with Crippen LogP contribution in [0.3, 0.4) is 0 Å². The molecule has 0 atom stereocenters. The minimum Gasteiger partial charge on any atom is -0.354 e. The van der Waals surface area contributed by atoms with Crippen LogP contribution in [0.1, 0.15) is 44.1 Å². The summed E-state index contributed by atoms with van der Waals surface area (Å²) in [5, 5.41) is 2.95. The highest BCUT2D eigenvalue weighted by molar-refractivity contribution is 6.07. The summed E-state index contributed by atoms with van der Waals surface area (Å²) in [6.45, 7) is 2.54. The summed E-state index contributed by atoms with van der Waals surface area (Å²) >= 11 is 0. The molecule has 30 heavy (non-hydrogen) atoms. The molecule has 3 fully saturated rings. The third-order valence-corrected chi connectivity index (χ3v) is 6.32. The number of halogens is 3. The number of amides is 3. The molecule has 3 aliphatic rings. The maximum Gasteiger partial charge on any atom is 0.417 e. The van der Waals surface area contributed by atoms with Gasteiger partial charge in [0.05, 0.1) is 12.2 Å². The van der Waals surface area contributed by atoms with Gasteiger partial charge in [-0.3, -0.25) is 9.69 Å². The molecule has 0 unspecified atom stereocenters. The number of rotatable bonds is 3. The van der Waals surface area contributed by atoms with Crippen molar-refractivity contribution in [2.45, 2.75) is 50.2 Å². The number of imide groups is 1. The Labute approximate surface area is 173 Å². The topological polar surface area (TPSA) is 68.8 Å². The number of aromatic nitrogens is 1. The highest BCUT2D eigenvalue weighted by Crippen LogP contribution is 2.33. The van der Waals surface area contributed by atoms with E-state index in [1.807, 2.05) is 9.80 Å². The monoisotopic (exact) mass is 425 g/mol. The molecule has 164 valence electrons. The lowest BCUT2D eigenvalue weighted by atomic mass is 9.90. The number of hydrogen-bond donors (Lipinski definition) is 1. The molecule has 1 aromatic rings. The number of hydrogen-bond acceptors (Lipinski definition) is 5. The molecular formula is C20H26F3N5O2. The summed E-state index contributed by atoms with van der Waals surface area (Å²) in [5.74, 6) is 0.372. The number of carbonyl (C=O) groups is 2. The van der Waals surface area contributed by atoms with Crippen molar-refractivity contribution in [3.8, 4) is 0 Å². The molecule has 0 aromatic carbocycles. The molecule has 1 saturated carbocycles. The summed E-state index contributed by atoms with van der Waals surface area (Å²) in [6.07, 6.45) is 1.90. The summed E-state index contributed by atoms with van der Waals surface area (Å²) in [4.78, 5) is 34.7. The van der Waals surface area contributed by atoms with Gasteiger partial charge in [-0.15, -0.1) is 0 Å². The SMILES string of the molecule is O=C1NC2(CCCCCC2)C(=O)N1CN1CCN(c2ccc(C(F)(F)F)cn2)CC1. The minimum absolute atomic E-state index is 0.124. The quantitative estimate of drug-likeness (QED) is 0.755. The van der Waals surface area contributed by atoms with E-state index in [2.05, 4.69) is 10.3 Å². The van der Waals surface area contributed by atoms with Crippen LogP contribution in [0, 0.1) is 0 Å². The molecule has 1 N–H and O–H groups in total. The minimum atomic E-state index is -4.40. The van der Waals surface area contributed by atoms with Crippen LogP contribution in [0.15, 0.2) is 18.3 Å². The molecule has 2 aliphatic heterocycles. The van der Waals surface area contributed by atoms with Crippen molar-refractivity contribution in [3.63, 3.8) is 0 Å². The predicted octanol–water partition coefficient (Wildman–Crippen LogP) is 2.82. The molecule has 0 radical (unpaired) electrons. The first-order valence-corrected chi connectivity index (χ1v) is 10.4. The maximum atomic E-state index is 13.0. The Morgan fingerprint density at radius 1 is 1.00 bits per heavy atom. The van der Waals surface area contributed by atoms with Gasteiger partial charge in [0.2, 0.25) is 0 Å². The van der Waals surface area contributed by atoms with Crippen LogP contribution in [-0.4, -0.2) is 65.1 Å². The van der Waals surface area contributed by atoms with Crippen molar-refractivity contribution in [2.75, 3.05) is 37.7 Å². The molecule has 1 aromatic heterocycles. The summed E-state index contributed by atoms with van der Waals surface area (Å²) in [7, 11) is 0. The Balaban J connectivity index is 1.33. The number of pyridine rings is 1. The van der Waals surface area contributed by atoms with Crippen LogP contribution in [0.25, 0.3) is 0 Å². The Morgan fingerprint density at radius 2 is 1.67 bits per heavy atom. The van der Waals surface area contributed by atoms with Crippen LogP contribution in [-0.2, 0) is 11.0 Å². The largest absolute Gasteiger partial charge is 0.417 e. The fourth-order valence-corrected chi connectivity index (χ4v) is 4.53. The highest BCUT2D eigenvalue weighted by Gasteiger charge is 2.51. The van der Waals surface area contributed by atoms with Gasteiger partial charge in [-0.25, -0.2) is 14.7 Å². The van der Waals surface area contributed by atoms with Crippen LogP contribution in [0.4, 0.5) is 23.8 Å². The number of anilines is 1. The van der Waals surface area contributed by atoms with E-state index >= 15 is 0 Å². The molecule has 1 spiro atoms. The lowest BCUT2D eigenvalue weighted by Crippen LogP contribution is -2.52. The van der Waals surface area contributed by atoms with Gasteiger partial charge in [0.15, 0.2) is 0 Å². The first-order valence-electron chi connectivity index (χ1n) is 10.4. The average Bonchev–Trinajstić information content (AvgIpc) is 2.88. The van der Waals surface area contributed by atoms with Crippen molar-refractivity contribution in [2.24, 2.45) is 0 Å². The van der Waals surface area contributed by atoms with Gasteiger partial charge in [-0.1, -0.05) is 25.7 Å². The summed E-state index contributed by atoms with van der Waals surface area (Å²) in [5.41, 5.74) is -1.50. The van der Waals surface area contributed by atoms with Gasteiger partial charge >= 0.3 is 12.2 Å². The number of piperazine rings is 1. The summed E-state index contributed by atoms with van der Waals surface area (Å²) < 4.78 is 38.1. The van der Waals surface area contributed by atoms with Crippen molar-refractivity contribution in [3.05, 3.63) is 23.9 Å². The molecule has 1 aliphatic carbocycles. The third kappa shape index (κ3) is 4.10. The first kappa shape index (κ1) is 20.9. The van der Waals surface area contributed by atoms with Crippen molar-refractivity contribution in [1.82, 2.24) is 20.1 Å². The molecule has 4 rings (SSSR count). The number of nitrogens with one attached hydrogen (secondary N) is 1. The van der Waals surface area contributed by atoms with E-state index in [9.17, 15) is 22.8 Å². The van der Waals surface area contributed by atoms with Gasteiger partial charge in [0.1, 0.15) is 11.4 Å². The van der Waals surface area contributed by atoms with Crippen molar-refractivity contribution >= 4 is 17.8 Å². The van der Waals surface area contributed by atoms with E-state index in [0.717, 1.165) is 37.9 Å². The Kier molecular flexibility index (Phi) is 5.61. The number of urea groups is 1. The molecule has 3 heterocycles. The zero-order chi connectivity index (χ0) is 21.4. The van der Waals surface area contributed by atoms with E-state index in [-0.39, 0.29) is 18.6 Å². The van der Waals surface area contributed by atoms with Crippen LogP contribution in [0.5, 0.6) is 0 Å². The average molecular weight is 425 g/mol. The lowest BCUT2D eigenvalue weighted by Gasteiger charge is -2.36. The molecule has 0 bridgehead atoms. The zero-order valence-corrected chi connectivity index (χ0v) is 16.7. The van der Waals surface area contributed by atoms with Crippen molar-refractivity contribution < 1.29 is 22.8 Å². The van der Waals surface area contributed by atoms with E-state index in [1.165, 1.54) is 11.0 Å². The van der Waals surface area contributed by atoms with Crippen LogP contribution < -0.4 is 10.2 Å². The first-order chi connectivity index (χ1) is 14.3. The fraction of sp³-hybridized carbons (Fsp3) is 0.650. The number of alkyl halides is 3. The molecule has 7 nitrogen and oxygen atoms in total. The summed E-state index contributed by atoms with van der Waals surface area (Å²) in [6, 6.07) is 2.09. The molecule has 2 saturated heterocycles. The Morgan fingerprint density at radius 3 is 2.23 bits per heavy atom. The van der Waals surface area contributed by atoms with E-state index in [1.54, 1.807) is 0 Å². The van der Waals surface area contributed by atoms with Gasteiger partial charge in [-0.2, -0.15) is 13.2 Å². The third-order valence-electron chi connectivity index (χ3n) is 6.32. The maximum absolute atomic E-state index is 13.0. The molecule has 10 heteroatoms.